The number of aliphatic carboxylic acids is 1. The molecule has 1 saturated heterocycles. The summed E-state index contributed by atoms with van der Waals surface area (Å²) in [4.78, 5) is 50.6. The third-order valence-electron chi connectivity index (χ3n) is 4.17. The third kappa shape index (κ3) is 3.79. The van der Waals surface area contributed by atoms with Crippen molar-refractivity contribution in [2.45, 2.75) is 6.04 Å². The summed E-state index contributed by atoms with van der Waals surface area (Å²) in [5, 5.41) is 11.7. The number of imide groups is 2. The summed E-state index contributed by atoms with van der Waals surface area (Å²) in [5.74, 6) is -1.76. The molecule has 0 saturated carbocycles. The van der Waals surface area contributed by atoms with E-state index in [0.29, 0.717) is 11.1 Å². The van der Waals surface area contributed by atoms with Crippen molar-refractivity contribution in [3.63, 3.8) is 0 Å². The van der Waals surface area contributed by atoms with Crippen LogP contribution in [-0.4, -0.2) is 51.9 Å². The number of benzene rings is 2. The van der Waals surface area contributed by atoms with E-state index >= 15 is 0 Å². The van der Waals surface area contributed by atoms with E-state index in [0.717, 1.165) is 9.80 Å². The normalized spacial score (nSPS) is 14.7. The molecule has 0 aromatic heterocycles. The Kier molecular flexibility index (Phi) is 5.16. The van der Waals surface area contributed by atoms with Gasteiger partial charge in [-0.3, -0.25) is 9.69 Å². The first-order valence-electron chi connectivity index (χ1n) is 8.25. The molecule has 1 aliphatic rings. The van der Waals surface area contributed by atoms with Crippen molar-refractivity contribution in [3.8, 4) is 0 Å². The number of nitrogens with zero attached hydrogens (tertiary/aromatic N) is 2. The zero-order chi connectivity index (χ0) is 19.4. The van der Waals surface area contributed by atoms with Gasteiger partial charge in [0.05, 0.1) is 6.54 Å². The van der Waals surface area contributed by atoms with Gasteiger partial charge in [0.25, 0.3) is 5.91 Å². The second-order valence-electron chi connectivity index (χ2n) is 5.89. The average Bonchev–Trinajstić information content (AvgIpc) is 3.08. The number of nitrogens with one attached hydrogen (secondary N) is 1. The van der Waals surface area contributed by atoms with E-state index in [4.69, 9.17) is 0 Å². The Hall–Kier alpha value is -3.68. The number of carbonyl (C=O) groups is 4. The second-order valence-corrected chi connectivity index (χ2v) is 5.89. The molecular weight excluding hydrogens is 350 g/mol. The quantitative estimate of drug-likeness (QED) is 0.861. The summed E-state index contributed by atoms with van der Waals surface area (Å²) in [5.41, 5.74) is 0.711. The number of rotatable bonds is 4. The van der Waals surface area contributed by atoms with Crippen LogP contribution in [-0.2, 0) is 4.79 Å². The lowest BCUT2D eigenvalue weighted by Crippen LogP contribution is -2.46. The Morgan fingerprint density at radius 3 is 2.04 bits per heavy atom. The number of carbonyl (C=O) groups excluding carboxylic acids is 3. The van der Waals surface area contributed by atoms with Crippen LogP contribution in [0, 0.1) is 0 Å². The zero-order valence-electron chi connectivity index (χ0n) is 14.2. The smallest absolute Gasteiger partial charge is 0.335 e. The van der Waals surface area contributed by atoms with Crippen LogP contribution in [0.25, 0.3) is 0 Å². The molecule has 2 N–H and O–H groups in total. The largest absolute Gasteiger partial charge is 0.479 e. The summed E-state index contributed by atoms with van der Waals surface area (Å²) in [7, 11) is 0. The Balaban J connectivity index is 1.71. The van der Waals surface area contributed by atoms with Gasteiger partial charge >= 0.3 is 18.0 Å². The first-order valence-corrected chi connectivity index (χ1v) is 8.25. The van der Waals surface area contributed by atoms with Crippen molar-refractivity contribution in [1.82, 2.24) is 15.1 Å². The molecule has 1 aliphatic heterocycles. The van der Waals surface area contributed by atoms with Gasteiger partial charge in [-0.2, -0.15) is 0 Å². The molecule has 0 bridgehead atoms. The van der Waals surface area contributed by atoms with E-state index in [9.17, 15) is 24.3 Å². The number of hydrogen-bond donors (Lipinski definition) is 2. The molecule has 27 heavy (non-hydrogen) atoms. The lowest BCUT2D eigenvalue weighted by molar-refractivity contribution is -0.139. The molecule has 2 aromatic rings. The van der Waals surface area contributed by atoms with Crippen molar-refractivity contribution >= 4 is 23.9 Å². The standard InChI is InChI=1S/C19H17N3O5/c23-16(14-9-5-2-6-10-14)21-11-12-22(19(21)27)18(26)20-15(17(24)25)13-7-3-1-4-8-13/h1-10,15H,11-12H2,(H,20,26)(H,24,25). The molecule has 0 spiro atoms. The number of urea groups is 2. The van der Waals surface area contributed by atoms with Crippen molar-refractivity contribution in [2.75, 3.05) is 13.1 Å². The maximum atomic E-state index is 12.5. The first-order chi connectivity index (χ1) is 13.0. The van der Waals surface area contributed by atoms with Crippen molar-refractivity contribution in [3.05, 3.63) is 71.8 Å². The summed E-state index contributed by atoms with van der Waals surface area (Å²) < 4.78 is 0. The van der Waals surface area contributed by atoms with E-state index in [-0.39, 0.29) is 13.1 Å². The van der Waals surface area contributed by atoms with Gasteiger partial charge in [-0.15, -0.1) is 0 Å². The monoisotopic (exact) mass is 367 g/mol. The zero-order valence-corrected chi connectivity index (χ0v) is 14.2. The number of carboxylic acid groups (broad SMARTS) is 1. The van der Waals surface area contributed by atoms with Crippen LogP contribution in [0.1, 0.15) is 22.0 Å². The molecule has 5 amide bonds. The Morgan fingerprint density at radius 1 is 0.889 bits per heavy atom. The molecule has 0 aliphatic carbocycles. The average molecular weight is 367 g/mol. The molecule has 1 unspecified atom stereocenters. The summed E-state index contributed by atoms with van der Waals surface area (Å²) in [6, 6.07) is 13.5. The van der Waals surface area contributed by atoms with Crippen LogP contribution >= 0.6 is 0 Å². The van der Waals surface area contributed by atoms with Crippen LogP contribution < -0.4 is 5.32 Å². The number of amides is 5. The second kappa shape index (κ2) is 7.69. The molecule has 1 atom stereocenters. The molecule has 2 aromatic carbocycles. The lowest BCUT2D eigenvalue weighted by Gasteiger charge is -2.20. The van der Waals surface area contributed by atoms with Gasteiger partial charge in [0.2, 0.25) is 0 Å². The van der Waals surface area contributed by atoms with Gasteiger partial charge in [0.15, 0.2) is 6.04 Å². The highest BCUT2D eigenvalue weighted by atomic mass is 16.4. The summed E-state index contributed by atoms with van der Waals surface area (Å²) in [6.07, 6.45) is 0. The molecule has 1 fully saturated rings. The fourth-order valence-electron chi connectivity index (χ4n) is 2.78. The highest BCUT2D eigenvalue weighted by molar-refractivity contribution is 6.09. The minimum absolute atomic E-state index is 0.00955. The van der Waals surface area contributed by atoms with E-state index in [1.54, 1.807) is 60.7 Å². The van der Waals surface area contributed by atoms with Gasteiger partial charge in [-0.1, -0.05) is 48.5 Å². The highest BCUT2D eigenvalue weighted by Crippen LogP contribution is 2.17. The Bertz CT molecular complexity index is 869. The van der Waals surface area contributed by atoms with E-state index in [2.05, 4.69) is 5.32 Å². The van der Waals surface area contributed by atoms with Gasteiger partial charge < -0.3 is 10.4 Å². The number of hydrogen-bond acceptors (Lipinski definition) is 4. The molecule has 8 heteroatoms. The fraction of sp³-hybridized carbons (Fsp3) is 0.158. The van der Waals surface area contributed by atoms with E-state index in [1.165, 1.54) is 0 Å². The minimum Gasteiger partial charge on any atom is -0.479 e. The first kappa shape index (κ1) is 18.1. The maximum absolute atomic E-state index is 12.5. The molecule has 0 radical (unpaired) electrons. The lowest BCUT2D eigenvalue weighted by atomic mass is 10.1. The SMILES string of the molecule is O=C(O)C(NC(=O)N1CCN(C(=O)c2ccccc2)C1=O)c1ccccc1. The summed E-state index contributed by atoms with van der Waals surface area (Å²) in [6.45, 7) is 0.0351. The Morgan fingerprint density at radius 2 is 1.44 bits per heavy atom. The third-order valence-corrected chi connectivity index (χ3v) is 4.17. The van der Waals surface area contributed by atoms with Gasteiger partial charge in [-0.05, 0) is 17.7 Å². The summed E-state index contributed by atoms with van der Waals surface area (Å²) >= 11 is 0. The fourth-order valence-corrected chi connectivity index (χ4v) is 2.78. The van der Waals surface area contributed by atoms with E-state index in [1.807, 2.05) is 0 Å². The van der Waals surface area contributed by atoms with Gasteiger partial charge in [0.1, 0.15) is 0 Å². The predicted octanol–water partition coefficient (Wildman–Crippen LogP) is 2.10. The van der Waals surface area contributed by atoms with Crippen molar-refractivity contribution < 1.29 is 24.3 Å². The maximum Gasteiger partial charge on any atom is 0.335 e. The molecule has 1 heterocycles. The van der Waals surface area contributed by atoms with Gasteiger partial charge in [0, 0.05) is 12.1 Å². The van der Waals surface area contributed by atoms with Crippen LogP contribution in [0.3, 0.4) is 0 Å². The Labute approximate surface area is 155 Å². The van der Waals surface area contributed by atoms with Crippen LogP contribution in [0.5, 0.6) is 0 Å². The minimum atomic E-state index is -1.30. The van der Waals surface area contributed by atoms with Crippen LogP contribution in [0.2, 0.25) is 0 Å². The van der Waals surface area contributed by atoms with Gasteiger partial charge in [-0.25, -0.2) is 19.3 Å². The molecule has 138 valence electrons. The van der Waals surface area contributed by atoms with Crippen LogP contribution in [0.15, 0.2) is 60.7 Å². The molecular formula is C19H17N3O5. The predicted molar refractivity (Wildman–Crippen MR) is 94.9 cm³/mol. The van der Waals surface area contributed by atoms with E-state index < -0.39 is 30.0 Å². The highest BCUT2D eigenvalue weighted by Gasteiger charge is 2.38. The van der Waals surface area contributed by atoms with Crippen molar-refractivity contribution in [2.24, 2.45) is 0 Å². The molecule has 3 rings (SSSR count). The topological polar surface area (TPSA) is 107 Å². The van der Waals surface area contributed by atoms with Crippen LogP contribution in [0.4, 0.5) is 9.59 Å². The van der Waals surface area contributed by atoms with Crippen molar-refractivity contribution in [1.29, 1.82) is 0 Å². The molecule has 8 nitrogen and oxygen atoms in total. The number of carboxylic acids is 1.